The highest BCUT2D eigenvalue weighted by molar-refractivity contribution is 7.15. The Morgan fingerprint density at radius 2 is 2.12 bits per heavy atom. The molecular weight excluding hydrogens is 377 g/mol. The van der Waals surface area contributed by atoms with Crippen LogP contribution in [0.2, 0.25) is 0 Å². The van der Waals surface area contributed by atoms with Gasteiger partial charge in [-0.15, -0.1) is 23.7 Å². The molecule has 1 aliphatic carbocycles. The van der Waals surface area contributed by atoms with Crippen molar-refractivity contribution in [3.8, 4) is 10.6 Å². The van der Waals surface area contributed by atoms with Gasteiger partial charge in [-0.2, -0.15) is 0 Å². The molecule has 1 aromatic carbocycles. The molecule has 2 aliphatic rings. The van der Waals surface area contributed by atoms with Gasteiger partial charge in [0.1, 0.15) is 10.8 Å². The maximum absolute atomic E-state index is 13.1. The molecule has 5 nitrogen and oxygen atoms in total. The number of amides is 1. The third kappa shape index (κ3) is 3.91. The van der Waals surface area contributed by atoms with Gasteiger partial charge in [0, 0.05) is 12.1 Å². The molecule has 3 N–H and O–H groups in total. The number of aryl methyl sites for hydroxylation is 1. The van der Waals surface area contributed by atoms with E-state index in [9.17, 15) is 14.3 Å². The van der Waals surface area contributed by atoms with Crippen LogP contribution >= 0.6 is 23.7 Å². The minimum atomic E-state index is -0.453. The van der Waals surface area contributed by atoms with Crippen molar-refractivity contribution < 1.29 is 14.3 Å². The predicted molar refractivity (Wildman–Crippen MR) is 101 cm³/mol. The van der Waals surface area contributed by atoms with Crippen LogP contribution in [0, 0.1) is 5.82 Å². The molecule has 2 heterocycles. The first-order chi connectivity index (χ1) is 12.1. The molecule has 1 aromatic heterocycles. The van der Waals surface area contributed by atoms with E-state index in [0.29, 0.717) is 13.0 Å². The molecule has 2 aromatic rings. The highest BCUT2D eigenvalue weighted by atomic mass is 35.5. The van der Waals surface area contributed by atoms with E-state index in [2.05, 4.69) is 10.6 Å². The third-order valence-electron chi connectivity index (χ3n) is 4.78. The summed E-state index contributed by atoms with van der Waals surface area (Å²) in [4.78, 5) is 18.2. The number of aliphatic hydroxyl groups excluding tert-OH is 1. The van der Waals surface area contributed by atoms with Crippen LogP contribution in [0.15, 0.2) is 24.3 Å². The highest BCUT2D eigenvalue weighted by Crippen LogP contribution is 2.38. The minimum absolute atomic E-state index is 0. The fourth-order valence-electron chi connectivity index (χ4n) is 3.46. The number of benzene rings is 1. The Kier molecular flexibility index (Phi) is 5.92. The largest absolute Gasteiger partial charge is 0.392 e. The van der Waals surface area contributed by atoms with E-state index in [4.69, 9.17) is 4.98 Å². The fourth-order valence-corrected chi connectivity index (χ4v) is 4.67. The molecule has 3 atom stereocenters. The van der Waals surface area contributed by atoms with Crippen LogP contribution in [0.25, 0.3) is 10.6 Å². The SMILES string of the molecule is Cl.O=C(NC1CCCc2nc(-c3ccc(F)cc3)sc21)C1CC(O)CN1. The smallest absolute Gasteiger partial charge is 0.237 e. The van der Waals surface area contributed by atoms with Crippen LogP contribution in [0.3, 0.4) is 0 Å². The first-order valence-corrected chi connectivity index (χ1v) is 9.39. The van der Waals surface area contributed by atoms with Crippen molar-refractivity contribution in [3.63, 3.8) is 0 Å². The second-order valence-electron chi connectivity index (χ2n) is 6.64. The topological polar surface area (TPSA) is 74.2 Å². The van der Waals surface area contributed by atoms with E-state index in [1.807, 2.05) is 0 Å². The lowest BCUT2D eigenvalue weighted by Crippen LogP contribution is -2.42. The van der Waals surface area contributed by atoms with Crippen LogP contribution < -0.4 is 10.6 Å². The van der Waals surface area contributed by atoms with Crippen molar-refractivity contribution in [3.05, 3.63) is 40.7 Å². The van der Waals surface area contributed by atoms with Crippen LogP contribution in [0.1, 0.15) is 35.9 Å². The summed E-state index contributed by atoms with van der Waals surface area (Å²) in [5.41, 5.74) is 1.92. The van der Waals surface area contributed by atoms with Gasteiger partial charge in [-0.1, -0.05) is 0 Å². The number of thiazole rings is 1. The van der Waals surface area contributed by atoms with Crippen molar-refractivity contribution in [2.75, 3.05) is 6.54 Å². The second-order valence-corrected chi connectivity index (χ2v) is 7.67. The van der Waals surface area contributed by atoms with Gasteiger partial charge in [0.05, 0.1) is 28.8 Å². The molecule has 8 heteroatoms. The number of carbonyl (C=O) groups is 1. The average Bonchev–Trinajstić information content (AvgIpc) is 3.22. The number of hydrogen-bond donors (Lipinski definition) is 3. The fraction of sp³-hybridized carbons (Fsp3) is 0.444. The molecule has 0 spiro atoms. The summed E-state index contributed by atoms with van der Waals surface area (Å²) >= 11 is 1.57. The molecule has 1 aliphatic heterocycles. The van der Waals surface area contributed by atoms with Crippen molar-refractivity contribution in [1.29, 1.82) is 0 Å². The summed E-state index contributed by atoms with van der Waals surface area (Å²) < 4.78 is 13.1. The van der Waals surface area contributed by atoms with Crippen LogP contribution in [0.4, 0.5) is 4.39 Å². The molecule has 4 rings (SSSR count). The summed E-state index contributed by atoms with van der Waals surface area (Å²) in [5, 5.41) is 16.6. The standard InChI is InChI=1S/C18H20FN3O2S.ClH/c19-11-6-4-10(5-7-11)18-22-14-3-1-2-13(16(14)25-18)21-17(24)15-8-12(23)9-20-15;/h4-7,12-13,15,20,23H,1-3,8-9H2,(H,21,24);1H. The van der Waals surface area contributed by atoms with E-state index in [-0.39, 0.29) is 36.2 Å². The number of β-amino-alcohol motifs (C(OH)–C–C–N with tert-alkyl or cyclic N) is 1. The van der Waals surface area contributed by atoms with Gasteiger partial charge in [-0.25, -0.2) is 9.37 Å². The van der Waals surface area contributed by atoms with Crippen LogP contribution in [-0.4, -0.2) is 34.7 Å². The van der Waals surface area contributed by atoms with E-state index in [1.165, 1.54) is 12.1 Å². The van der Waals surface area contributed by atoms with Gasteiger partial charge in [-0.05, 0) is 49.9 Å². The van der Waals surface area contributed by atoms with E-state index in [1.54, 1.807) is 23.5 Å². The molecule has 0 saturated carbocycles. The van der Waals surface area contributed by atoms with Gasteiger partial charge in [0.15, 0.2) is 0 Å². The lowest BCUT2D eigenvalue weighted by Gasteiger charge is -2.24. The van der Waals surface area contributed by atoms with Crippen LogP contribution in [0.5, 0.6) is 0 Å². The Morgan fingerprint density at radius 3 is 2.81 bits per heavy atom. The summed E-state index contributed by atoms with van der Waals surface area (Å²) in [6.07, 6.45) is 2.77. The average molecular weight is 398 g/mol. The lowest BCUT2D eigenvalue weighted by molar-refractivity contribution is -0.123. The zero-order valence-corrected chi connectivity index (χ0v) is 15.7. The molecule has 3 unspecified atom stereocenters. The van der Waals surface area contributed by atoms with Gasteiger partial charge in [-0.3, -0.25) is 4.79 Å². The van der Waals surface area contributed by atoms with Crippen LogP contribution in [-0.2, 0) is 11.2 Å². The Morgan fingerprint density at radius 1 is 1.35 bits per heavy atom. The maximum atomic E-state index is 13.1. The Hall–Kier alpha value is -1.54. The maximum Gasteiger partial charge on any atom is 0.237 e. The number of rotatable bonds is 3. The summed E-state index contributed by atoms with van der Waals surface area (Å²) in [7, 11) is 0. The minimum Gasteiger partial charge on any atom is -0.392 e. The molecule has 0 bridgehead atoms. The number of fused-ring (bicyclic) bond motifs is 1. The van der Waals surface area contributed by atoms with Gasteiger partial charge in [0.2, 0.25) is 5.91 Å². The number of aromatic nitrogens is 1. The van der Waals surface area contributed by atoms with E-state index in [0.717, 1.165) is 40.4 Å². The van der Waals surface area contributed by atoms with Crippen molar-refractivity contribution in [1.82, 2.24) is 15.6 Å². The number of halogens is 2. The number of aliphatic hydroxyl groups is 1. The van der Waals surface area contributed by atoms with Gasteiger partial charge < -0.3 is 15.7 Å². The van der Waals surface area contributed by atoms with E-state index >= 15 is 0 Å². The van der Waals surface area contributed by atoms with Crippen molar-refractivity contribution in [2.45, 2.75) is 43.9 Å². The number of hydrogen-bond acceptors (Lipinski definition) is 5. The zero-order valence-electron chi connectivity index (χ0n) is 14.1. The number of nitrogens with zero attached hydrogens (tertiary/aromatic N) is 1. The van der Waals surface area contributed by atoms with Gasteiger partial charge >= 0.3 is 0 Å². The zero-order chi connectivity index (χ0) is 17.4. The summed E-state index contributed by atoms with van der Waals surface area (Å²) in [5.74, 6) is -0.326. The molecule has 140 valence electrons. The monoisotopic (exact) mass is 397 g/mol. The molecule has 1 fully saturated rings. The first kappa shape index (κ1) is 19.2. The Bertz CT molecular complexity index is 783. The van der Waals surface area contributed by atoms with Crippen molar-refractivity contribution >= 4 is 29.7 Å². The third-order valence-corrected chi connectivity index (χ3v) is 6.04. The van der Waals surface area contributed by atoms with Crippen molar-refractivity contribution in [2.24, 2.45) is 0 Å². The molecular formula is C18H21ClFN3O2S. The Balaban J connectivity index is 0.00000196. The van der Waals surface area contributed by atoms with Gasteiger partial charge in [0.25, 0.3) is 0 Å². The summed E-state index contributed by atoms with van der Waals surface area (Å²) in [6.45, 7) is 0.462. The quantitative estimate of drug-likeness (QED) is 0.744. The molecule has 1 saturated heterocycles. The summed E-state index contributed by atoms with van der Waals surface area (Å²) in [6, 6.07) is 5.97. The lowest BCUT2D eigenvalue weighted by atomic mass is 9.97. The molecule has 0 radical (unpaired) electrons. The molecule has 26 heavy (non-hydrogen) atoms. The predicted octanol–water partition coefficient (Wildman–Crippen LogP) is 2.59. The highest BCUT2D eigenvalue weighted by Gasteiger charge is 2.32. The van der Waals surface area contributed by atoms with E-state index < -0.39 is 6.10 Å². The second kappa shape index (κ2) is 8.00. The number of nitrogens with one attached hydrogen (secondary N) is 2. The Labute approximate surface area is 161 Å². The first-order valence-electron chi connectivity index (χ1n) is 8.57. The number of carbonyl (C=O) groups excluding carboxylic acids is 1. The normalized spacial score (nSPS) is 24.6. The molecule has 1 amide bonds.